The lowest BCUT2D eigenvalue weighted by Crippen LogP contribution is -2.17. The van der Waals surface area contributed by atoms with Gasteiger partial charge in [-0.3, -0.25) is 10.1 Å². The van der Waals surface area contributed by atoms with Crippen molar-refractivity contribution in [2.45, 2.75) is 6.36 Å². The topological polar surface area (TPSA) is 77.3 Å². The molecule has 0 saturated heterocycles. The third-order valence-electron chi connectivity index (χ3n) is 3.07. The average molecular weight is 384 g/mol. The van der Waals surface area contributed by atoms with Crippen LogP contribution >= 0.6 is 11.6 Å². The molecule has 0 aliphatic rings. The van der Waals surface area contributed by atoms with E-state index >= 15 is 0 Å². The Balaban J connectivity index is 1.69. The molecule has 0 spiro atoms. The fraction of sp³-hybridized carbons (Fsp3) is 0.0625. The second-order valence-electron chi connectivity index (χ2n) is 4.95. The van der Waals surface area contributed by atoms with Gasteiger partial charge in [0.1, 0.15) is 5.75 Å². The second kappa shape index (κ2) is 7.04. The van der Waals surface area contributed by atoms with E-state index in [9.17, 15) is 18.0 Å². The molecule has 0 aliphatic carbocycles. The van der Waals surface area contributed by atoms with Crippen molar-refractivity contribution < 1.29 is 27.1 Å². The fourth-order valence-corrected chi connectivity index (χ4v) is 2.18. The molecule has 1 heterocycles. The highest BCUT2D eigenvalue weighted by Crippen LogP contribution is 2.24. The molecule has 3 rings (SSSR count). The molecule has 26 heavy (non-hydrogen) atoms. The number of nitrogens with zero attached hydrogens (tertiary/aromatic N) is 2. The largest absolute Gasteiger partial charge is 0.573 e. The molecule has 0 fully saturated rings. The number of ether oxygens (including phenoxy) is 1. The van der Waals surface area contributed by atoms with E-state index in [1.54, 1.807) is 24.3 Å². The van der Waals surface area contributed by atoms with E-state index < -0.39 is 18.0 Å². The van der Waals surface area contributed by atoms with Crippen molar-refractivity contribution in [2.75, 3.05) is 5.32 Å². The highest BCUT2D eigenvalue weighted by molar-refractivity contribution is 6.30. The highest BCUT2D eigenvalue weighted by Gasteiger charge is 2.31. The number of alkyl halides is 3. The first-order valence-corrected chi connectivity index (χ1v) is 7.44. The Labute approximate surface area is 149 Å². The van der Waals surface area contributed by atoms with Gasteiger partial charge in [-0.1, -0.05) is 22.8 Å². The third kappa shape index (κ3) is 4.51. The normalized spacial score (nSPS) is 11.2. The van der Waals surface area contributed by atoms with Crippen LogP contribution in [-0.4, -0.2) is 22.5 Å². The van der Waals surface area contributed by atoms with Gasteiger partial charge in [-0.05, 0) is 42.5 Å². The van der Waals surface area contributed by atoms with Crippen molar-refractivity contribution in [2.24, 2.45) is 0 Å². The molecule has 3 aromatic rings. The van der Waals surface area contributed by atoms with Gasteiger partial charge in [0.05, 0.1) is 0 Å². The number of aromatic nitrogens is 2. The number of nitrogens with one attached hydrogen (secondary N) is 1. The number of carbonyl (C=O) groups excluding carboxylic acids is 1. The Kier molecular flexibility index (Phi) is 4.81. The summed E-state index contributed by atoms with van der Waals surface area (Å²) in [5.74, 6) is -0.920. The summed E-state index contributed by atoms with van der Waals surface area (Å²) in [6.45, 7) is 0. The number of amides is 1. The first-order chi connectivity index (χ1) is 12.3. The summed E-state index contributed by atoms with van der Waals surface area (Å²) in [6, 6.07) is 10.9. The van der Waals surface area contributed by atoms with Gasteiger partial charge in [-0.2, -0.15) is 0 Å². The minimum atomic E-state index is -4.80. The first kappa shape index (κ1) is 17.7. The van der Waals surface area contributed by atoms with E-state index in [4.69, 9.17) is 16.0 Å². The lowest BCUT2D eigenvalue weighted by Gasteiger charge is -2.08. The Morgan fingerprint density at radius 2 is 1.85 bits per heavy atom. The summed E-state index contributed by atoms with van der Waals surface area (Å²) in [5, 5.41) is 10.3. The molecule has 0 unspecified atom stereocenters. The number of hydrogen-bond donors (Lipinski definition) is 1. The Morgan fingerprint density at radius 3 is 2.50 bits per heavy atom. The van der Waals surface area contributed by atoms with Crippen LogP contribution in [0.2, 0.25) is 5.02 Å². The molecule has 0 atom stereocenters. The van der Waals surface area contributed by atoms with Crippen LogP contribution in [0.1, 0.15) is 10.4 Å². The number of hydrogen-bond acceptors (Lipinski definition) is 5. The summed E-state index contributed by atoms with van der Waals surface area (Å²) in [4.78, 5) is 12.1. The molecule has 2 aromatic carbocycles. The van der Waals surface area contributed by atoms with E-state index in [2.05, 4.69) is 20.3 Å². The van der Waals surface area contributed by atoms with Crippen molar-refractivity contribution in [3.8, 4) is 17.2 Å². The zero-order valence-electron chi connectivity index (χ0n) is 12.7. The van der Waals surface area contributed by atoms with Crippen LogP contribution in [0.25, 0.3) is 11.5 Å². The third-order valence-corrected chi connectivity index (χ3v) is 3.30. The van der Waals surface area contributed by atoms with E-state index in [0.717, 1.165) is 12.1 Å². The van der Waals surface area contributed by atoms with Gasteiger partial charge >= 0.3 is 12.4 Å². The van der Waals surface area contributed by atoms with Gasteiger partial charge in [0.15, 0.2) is 0 Å². The summed E-state index contributed by atoms with van der Waals surface area (Å²) in [5.41, 5.74) is 0.654. The lowest BCUT2D eigenvalue weighted by molar-refractivity contribution is -0.274. The monoisotopic (exact) mass is 383 g/mol. The first-order valence-electron chi connectivity index (χ1n) is 7.07. The van der Waals surface area contributed by atoms with Crippen molar-refractivity contribution in [1.29, 1.82) is 0 Å². The molecule has 0 bridgehead atoms. The number of benzene rings is 2. The van der Waals surface area contributed by atoms with Gasteiger partial charge < -0.3 is 9.15 Å². The molecule has 1 amide bonds. The molecule has 1 N–H and O–H groups in total. The molecular formula is C16H9ClF3N3O3. The molecule has 6 nitrogen and oxygen atoms in total. The number of anilines is 1. The Morgan fingerprint density at radius 1 is 1.12 bits per heavy atom. The standard InChI is InChI=1S/C16H9ClF3N3O3/c17-11-3-1-2-10(8-11)14-22-23-15(25-14)21-13(24)9-4-6-12(7-5-9)26-16(18,19)20/h1-8H,(H,21,23,24). The van der Waals surface area contributed by atoms with Gasteiger partial charge in [-0.15, -0.1) is 18.3 Å². The van der Waals surface area contributed by atoms with Crippen LogP contribution in [0.3, 0.4) is 0 Å². The summed E-state index contributed by atoms with van der Waals surface area (Å²) in [7, 11) is 0. The van der Waals surface area contributed by atoms with Crippen LogP contribution in [0.5, 0.6) is 5.75 Å². The lowest BCUT2D eigenvalue weighted by atomic mass is 10.2. The second-order valence-corrected chi connectivity index (χ2v) is 5.39. The molecule has 1 aromatic heterocycles. The minimum Gasteiger partial charge on any atom is -0.406 e. The minimum absolute atomic E-state index is 0.0852. The molecular weight excluding hydrogens is 375 g/mol. The summed E-state index contributed by atoms with van der Waals surface area (Å²) >= 11 is 5.88. The van der Waals surface area contributed by atoms with E-state index in [0.29, 0.717) is 10.6 Å². The molecule has 10 heteroatoms. The van der Waals surface area contributed by atoms with Crippen LogP contribution < -0.4 is 10.1 Å². The number of halogens is 4. The highest BCUT2D eigenvalue weighted by atomic mass is 35.5. The van der Waals surface area contributed by atoms with Gasteiger partial charge in [0.25, 0.3) is 5.91 Å². The van der Waals surface area contributed by atoms with Crippen LogP contribution in [0.4, 0.5) is 19.2 Å². The van der Waals surface area contributed by atoms with Gasteiger partial charge in [0, 0.05) is 16.1 Å². The van der Waals surface area contributed by atoms with Gasteiger partial charge in [0.2, 0.25) is 5.89 Å². The fourth-order valence-electron chi connectivity index (χ4n) is 1.99. The summed E-state index contributed by atoms with van der Waals surface area (Å²) < 4.78 is 45.4. The number of carbonyl (C=O) groups is 1. The van der Waals surface area contributed by atoms with E-state index in [1.807, 2.05) is 0 Å². The van der Waals surface area contributed by atoms with Crippen molar-refractivity contribution >= 4 is 23.5 Å². The van der Waals surface area contributed by atoms with Crippen molar-refractivity contribution in [3.63, 3.8) is 0 Å². The SMILES string of the molecule is O=C(Nc1nnc(-c2cccc(Cl)c2)o1)c1ccc(OC(F)(F)F)cc1. The number of rotatable bonds is 4. The quantitative estimate of drug-likeness (QED) is 0.715. The van der Waals surface area contributed by atoms with Crippen LogP contribution in [0, 0.1) is 0 Å². The predicted octanol–water partition coefficient (Wildman–Crippen LogP) is 4.54. The maximum Gasteiger partial charge on any atom is 0.573 e. The Hall–Kier alpha value is -3.07. The van der Waals surface area contributed by atoms with Gasteiger partial charge in [-0.25, -0.2) is 0 Å². The Bertz CT molecular complexity index is 926. The van der Waals surface area contributed by atoms with E-state index in [1.165, 1.54) is 12.1 Å². The maximum atomic E-state index is 12.1. The van der Waals surface area contributed by atoms with Crippen LogP contribution in [0.15, 0.2) is 52.9 Å². The molecule has 134 valence electrons. The molecule has 0 aliphatic heterocycles. The summed E-state index contributed by atoms with van der Waals surface area (Å²) in [6.07, 6.45) is -4.80. The van der Waals surface area contributed by atoms with Crippen LogP contribution in [-0.2, 0) is 0 Å². The van der Waals surface area contributed by atoms with Crippen molar-refractivity contribution in [3.05, 3.63) is 59.1 Å². The zero-order chi connectivity index (χ0) is 18.7. The molecule has 0 radical (unpaired) electrons. The van der Waals surface area contributed by atoms with Crippen molar-refractivity contribution in [1.82, 2.24) is 10.2 Å². The molecule has 0 saturated carbocycles. The maximum absolute atomic E-state index is 12.1. The predicted molar refractivity (Wildman–Crippen MR) is 85.8 cm³/mol. The average Bonchev–Trinajstić information content (AvgIpc) is 3.02. The zero-order valence-corrected chi connectivity index (χ0v) is 13.5. The van der Waals surface area contributed by atoms with E-state index in [-0.39, 0.29) is 17.5 Å². The smallest absolute Gasteiger partial charge is 0.406 e.